The summed E-state index contributed by atoms with van der Waals surface area (Å²) >= 11 is 0. The fourth-order valence-corrected chi connectivity index (χ4v) is 3.89. The predicted molar refractivity (Wildman–Crippen MR) is 116 cm³/mol. The maximum Gasteiger partial charge on any atom is 0.253 e. The Morgan fingerprint density at radius 3 is 2.67 bits per heavy atom. The van der Waals surface area contributed by atoms with Gasteiger partial charge in [-0.2, -0.15) is 0 Å². The molecule has 1 amide bonds. The molecule has 0 unspecified atom stereocenters. The summed E-state index contributed by atoms with van der Waals surface area (Å²) in [7, 11) is 1.81. The predicted octanol–water partition coefficient (Wildman–Crippen LogP) is 4.89. The molecule has 1 aliphatic carbocycles. The fraction of sp³-hybridized carbons (Fsp3) is 0.375. The van der Waals surface area contributed by atoms with Crippen molar-refractivity contribution in [2.75, 3.05) is 7.05 Å². The second kappa shape index (κ2) is 8.38. The number of halogens is 1. The number of fused-ring (bicyclic) bond motifs is 1. The summed E-state index contributed by atoms with van der Waals surface area (Å²) in [5, 5.41) is 8.24. The maximum absolute atomic E-state index is 13.6. The first-order valence-corrected chi connectivity index (χ1v) is 10.5. The van der Waals surface area contributed by atoms with Crippen LogP contribution in [0.5, 0.6) is 0 Å². The lowest BCUT2D eigenvalue weighted by molar-refractivity contribution is 0.0746. The van der Waals surface area contributed by atoms with E-state index in [1.54, 1.807) is 24.3 Å². The van der Waals surface area contributed by atoms with Crippen LogP contribution in [0, 0.1) is 17.1 Å². The Kier molecular flexibility index (Phi) is 5.66. The summed E-state index contributed by atoms with van der Waals surface area (Å²) in [4.78, 5) is 18.9. The lowest BCUT2D eigenvalue weighted by Crippen LogP contribution is -2.38. The van der Waals surface area contributed by atoms with E-state index in [4.69, 9.17) is 5.41 Å². The van der Waals surface area contributed by atoms with Gasteiger partial charge in [0.05, 0.1) is 17.4 Å². The molecule has 1 saturated carbocycles. The van der Waals surface area contributed by atoms with Crippen molar-refractivity contribution in [2.45, 2.75) is 45.2 Å². The molecule has 6 heteroatoms. The fourth-order valence-electron chi connectivity index (χ4n) is 3.89. The van der Waals surface area contributed by atoms with Gasteiger partial charge in [0.2, 0.25) is 0 Å². The van der Waals surface area contributed by atoms with Crippen LogP contribution in [0.1, 0.15) is 48.5 Å². The van der Waals surface area contributed by atoms with E-state index in [2.05, 4.69) is 4.98 Å². The monoisotopic (exact) mass is 406 g/mol. The first-order valence-electron chi connectivity index (χ1n) is 10.5. The molecule has 30 heavy (non-hydrogen) atoms. The van der Waals surface area contributed by atoms with E-state index < -0.39 is 0 Å². The van der Waals surface area contributed by atoms with Gasteiger partial charge in [0.25, 0.3) is 5.91 Å². The van der Waals surface area contributed by atoms with Gasteiger partial charge in [-0.25, -0.2) is 9.37 Å². The van der Waals surface area contributed by atoms with Crippen LogP contribution in [0.3, 0.4) is 0 Å². The van der Waals surface area contributed by atoms with Gasteiger partial charge in [-0.15, -0.1) is 0 Å². The molecule has 0 bridgehead atoms. The molecular formula is C24H27FN4O. The molecule has 1 heterocycles. The van der Waals surface area contributed by atoms with Crippen molar-refractivity contribution in [3.8, 4) is 0 Å². The van der Waals surface area contributed by atoms with Crippen LogP contribution in [-0.4, -0.2) is 39.2 Å². The molecule has 156 valence electrons. The van der Waals surface area contributed by atoms with Gasteiger partial charge in [-0.3, -0.25) is 4.79 Å². The van der Waals surface area contributed by atoms with Gasteiger partial charge < -0.3 is 14.9 Å². The van der Waals surface area contributed by atoms with Crippen LogP contribution in [0.25, 0.3) is 11.0 Å². The van der Waals surface area contributed by atoms with Crippen molar-refractivity contribution < 1.29 is 9.18 Å². The summed E-state index contributed by atoms with van der Waals surface area (Å²) in [6, 6.07) is 12.1. The lowest BCUT2D eigenvalue weighted by atomic mass is 9.80. The summed E-state index contributed by atoms with van der Waals surface area (Å²) in [6.45, 7) is 2.56. The van der Waals surface area contributed by atoms with Crippen molar-refractivity contribution in [1.82, 2.24) is 14.5 Å². The number of nitrogens with one attached hydrogen (secondary N) is 1. The van der Waals surface area contributed by atoms with E-state index >= 15 is 0 Å². The van der Waals surface area contributed by atoms with Crippen LogP contribution < -0.4 is 0 Å². The van der Waals surface area contributed by atoms with Gasteiger partial charge in [-0.05, 0) is 61.6 Å². The first-order chi connectivity index (χ1) is 14.4. The molecule has 2 aromatic carbocycles. The van der Waals surface area contributed by atoms with Gasteiger partial charge >= 0.3 is 0 Å². The second-order valence-electron chi connectivity index (χ2n) is 8.32. The van der Waals surface area contributed by atoms with Crippen LogP contribution in [0.2, 0.25) is 0 Å². The molecule has 0 aliphatic heterocycles. The number of hydrogen-bond acceptors (Lipinski definition) is 3. The van der Waals surface area contributed by atoms with Gasteiger partial charge in [-0.1, -0.05) is 18.6 Å². The first kappa shape index (κ1) is 20.3. The number of carbonyl (C=O) groups excluding carboxylic acids is 1. The van der Waals surface area contributed by atoms with Crippen molar-refractivity contribution in [1.29, 1.82) is 5.41 Å². The molecule has 0 spiro atoms. The van der Waals surface area contributed by atoms with E-state index in [0.29, 0.717) is 24.4 Å². The number of nitrogens with zero attached hydrogens (tertiary/aromatic N) is 3. The third-order valence-corrected chi connectivity index (χ3v) is 6.23. The third-order valence-electron chi connectivity index (χ3n) is 6.23. The van der Waals surface area contributed by atoms with Crippen molar-refractivity contribution >= 4 is 22.7 Å². The van der Waals surface area contributed by atoms with Gasteiger partial charge in [0.15, 0.2) is 0 Å². The molecule has 1 aliphatic rings. The molecule has 1 atom stereocenters. The zero-order valence-corrected chi connectivity index (χ0v) is 17.4. The summed E-state index contributed by atoms with van der Waals surface area (Å²) < 4.78 is 15.5. The molecule has 1 N–H and O–H groups in total. The SMILES string of the molecule is C[C@H](CC(=N)C1CCC1)N(C)C(=O)c1ccc(Cn2cnc3ccc(F)cc32)cc1. The minimum absolute atomic E-state index is 0.00233. The highest BCUT2D eigenvalue weighted by atomic mass is 19.1. The highest BCUT2D eigenvalue weighted by Crippen LogP contribution is 2.29. The van der Waals surface area contributed by atoms with Crippen molar-refractivity contribution in [3.63, 3.8) is 0 Å². The van der Waals surface area contributed by atoms with E-state index in [1.165, 1.54) is 18.6 Å². The molecule has 5 nitrogen and oxygen atoms in total. The van der Waals surface area contributed by atoms with Crippen molar-refractivity contribution in [3.05, 3.63) is 65.7 Å². The van der Waals surface area contributed by atoms with E-state index in [0.717, 1.165) is 35.2 Å². The van der Waals surface area contributed by atoms with E-state index in [1.807, 2.05) is 35.8 Å². The molecule has 4 rings (SSSR count). The number of aromatic nitrogens is 2. The molecule has 0 saturated heterocycles. The normalized spacial score (nSPS) is 15.0. The number of hydrogen-bond donors (Lipinski definition) is 1. The smallest absolute Gasteiger partial charge is 0.253 e. The Morgan fingerprint density at radius 1 is 1.27 bits per heavy atom. The van der Waals surface area contributed by atoms with E-state index in [9.17, 15) is 9.18 Å². The quantitative estimate of drug-likeness (QED) is 0.568. The highest BCUT2D eigenvalue weighted by Gasteiger charge is 2.25. The summed E-state index contributed by atoms with van der Waals surface area (Å²) in [5.74, 6) is 0.0984. The standard InChI is InChI=1S/C24H27FN4O/c1-16(12-21(26)18-4-3-5-18)28(2)24(30)19-8-6-17(7-9-19)14-29-15-27-22-11-10-20(25)13-23(22)29/h6-11,13,15-16,18,26H,3-5,12,14H2,1-2H3/t16-/m1/s1. The Labute approximate surface area is 176 Å². The zero-order chi connectivity index (χ0) is 21.3. The lowest BCUT2D eigenvalue weighted by Gasteiger charge is -2.31. The Morgan fingerprint density at radius 2 is 2.00 bits per heavy atom. The largest absolute Gasteiger partial charge is 0.339 e. The van der Waals surface area contributed by atoms with Gasteiger partial charge in [0.1, 0.15) is 5.82 Å². The van der Waals surface area contributed by atoms with Gasteiger partial charge in [0, 0.05) is 37.3 Å². The van der Waals surface area contributed by atoms with Crippen LogP contribution >= 0.6 is 0 Å². The molecule has 3 aromatic rings. The van der Waals surface area contributed by atoms with Crippen LogP contribution in [0.4, 0.5) is 4.39 Å². The van der Waals surface area contributed by atoms with E-state index in [-0.39, 0.29) is 17.8 Å². The Balaban J connectivity index is 1.41. The number of carbonyl (C=O) groups is 1. The average molecular weight is 407 g/mol. The van der Waals surface area contributed by atoms with Crippen LogP contribution in [0.15, 0.2) is 48.8 Å². The number of imidazole rings is 1. The minimum atomic E-state index is -0.284. The second-order valence-corrected chi connectivity index (χ2v) is 8.32. The molecule has 1 aromatic heterocycles. The minimum Gasteiger partial charge on any atom is -0.339 e. The molecular weight excluding hydrogens is 379 g/mol. The molecule has 1 fully saturated rings. The topological polar surface area (TPSA) is 62.0 Å². The van der Waals surface area contributed by atoms with Crippen molar-refractivity contribution in [2.24, 2.45) is 5.92 Å². The summed E-state index contributed by atoms with van der Waals surface area (Å²) in [6.07, 6.45) is 5.78. The highest BCUT2D eigenvalue weighted by molar-refractivity contribution is 5.95. The number of rotatable bonds is 7. The Bertz CT molecular complexity index is 1070. The number of benzene rings is 2. The maximum atomic E-state index is 13.6. The molecule has 0 radical (unpaired) electrons. The summed E-state index contributed by atoms with van der Waals surface area (Å²) in [5.41, 5.74) is 3.92. The zero-order valence-electron chi connectivity index (χ0n) is 17.4. The number of amides is 1. The van der Waals surface area contributed by atoms with Crippen LogP contribution in [-0.2, 0) is 6.54 Å². The third kappa shape index (κ3) is 4.13. The average Bonchev–Trinajstić information content (AvgIpc) is 3.08. The Hall–Kier alpha value is -3.02.